The van der Waals surface area contributed by atoms with Gasteiger partial charge in [0, 0.05) is 22.8 Å². The van der Waals surface area contributed by atoms with Crippen molar-refractivity contribution in [3.63, 3.8) is 0 Å². The van der Waals surface area contributed by atoms with Crippen molar-refractivity contribution in [2.24, 2.45) is 0 Å². The van der Waals surface area contributed by atoms with E-state index in [1.165, 1.54) is 0 Å². The Morgan fingerprint density at radius 1 is 0.828 bits per heavy atom. The third-order valence-corrected chi connectivity index (χ3v) is 5.10. The van der Waals surface area contributed by atoms with E-state index in [0.29, 0.717) is 26.2 Å². The Morgan fingerprint density at radius 3 is 1.76 bits per heavy atom. The van der Waals surface area contributed by atoms with Crippen molar-refractivity contribution in [2.45, 2.75) is 31.7 Å². The highest BCUT2D eigenvalue weighted by molar-refractivity contribution is 5.97. The van der Waals surface area contributed by atoms with Gasteiger partial charge in [-0.25, -0.2) is 0 Å². The summed E-state index contributed by atoms with van der Waals surface area (Å²) in [5.74, 6) is 2.28. The van der Waals surface area contributed by atoms with Crippen LogP contribution in [0.2, 0.25) is 0 Å². The lowest BCUT2D eigenvalue weighted by molar-refractivity contribution is 0.225. The van der Waals surface area contributed by atoms with E-state index in [2.05, 4.69) is 12.6 Å². The number of hydrogen-bond donors (Lipinski definition) is 0. The molecular formula is C23H26O6. The number of epoxide rings is 3. The van der Waals surface area contributed by atoms with Gasteiger partial charge in [-0.2, -0.15) is 0 Å². The van der Waals surface area contributed by atoms with E-state index in [9.17, 15) is 0 Å². The summed E-state index contributed by atoms with van der Waals surface area (Å²) in [6.07, 6.45) is 1.10. The van der Waals surface area contributed by atoms with Crippen LogP contribution in [0.25, 0.3) is 10.8 Å². The molecule has 0 radical (unpaired) electrons. The molecule has 29 heavy (non-hydrogen) atoms. The highest BCUT2D eigenvalue weighted by Crippen LogP contribution is 2.47. The first-order chi connectivity index (χ1) is 14.2. The molecule has 3 aliphatic rings. The second kappa shape index (κ2) is 7.86. The van der Waals surface area contributed by atoms with Crippen LogP contribution in [0.15, 0.2) is 36.4 Å². The molecule has 0 saturated carbocycles. The van der Waals surface area contributed by atoms with Gasteiger partial charge in [-0.05, 0) is 6.92 Å². The monoisotopic (exact) mass is 398 g/mol. The van der Waals surface area contributed by atoms with Crippen molar-refractivity contribution in [1.82, 2.24) is 0 Å². The molecule has 0 amide bonds. The summed E-state index contributed by atoms with van der Waals surface area (Å²) in [5.41, 5.74) is 1.99. The van der Waals surface area contributed by atoms with E-state index in [0.717, 1.165) is 59.0 Å². The van der Waals surface area contributed by atoms with Crippen LogP contribution in [0, 0.1) is 0 Å². The number of hydrogen-bond acceptors (Lipinski definition) is 6. The normalized spacial score (nSPS) is 24.2. The molecule has 3 unspecified atom stereocenters. The maximum absolute atomic E-state index is 6.27. The SMILES string of the molecule is C=C(C)Cc1c(OCC2CO2)c(OCC2CO2)c2ccccc2c1OCC1CO1. The van der Waals surface area contributed by atoms with E-state index < -0.39 is 0 Å². The number of allylic oxidation sites excluding steroid dienone is 1. The molecule has 3 saturated heterocycles. The van der Waals surface area contributed by atoms with E-state index in [1.54, 1.807) is 0 Å². The van der Waals surface area contributed by atoms with Crippen LogP contribution >= 0.6 is 0 Å². The van der Waals surface area contributed by atoms with Gasteiger partial charge in [-0.15, -0.1) is 0 Å². The largest absolute Gasteiger partial charge is 0.490 e. The Bertz CT molecular complexity index is 911. The number of rotatable bonds is 11. The molecule has 0 aliphatic carbocycles. The van der Waals surface area contributed by atoms with Gasteiger partial charge < -0.3 is 28.4 Å². The molecule has 3 heterocycles. The average molecular weight is 398 g/mol. The number of fused-ring (bicyclic) bond motifs is 1. The second-order valence-corrected chi connectivity index (χ2v) is 7.94. The van der Waals surface area contributed by atoms with Gasteiger partial charge in [0.15, 0.2) is 11.5 Å². The minimum absolute atomic E-state index is 0.142. The molecule has 154 valence electrons. The number of ether oxygens (including phenoxy) is 6. The van der Waals surface area contributed by atoms with Crippen molar-refractivity contribution in [1.29, 1.82) is 0 Å². The average Bonchev–Trinajstić information content (AvgIpc) is 3.53. The predicted octanol–water partition coefficient (Wildman–Crippen LogP) is 3.29. The molecule has 6 nitrogen and oxygen atoms in total. The molecule has 2 aromatic rings. The highest BCUT2D eigenvalue weighted by atomic mass is 16.6. The van der Waals surface area contributed by atoms with E-state index >= 15 is 0 Å². The molecule has 2 aromatic carbocycles. The first kappa shape index (κ1) is 18.7. The summed E-state index contributed by atoms with van der Waals surface area (Å²) in [4.78, 5) is 0. The molecule has 6 heteroatoms. The second-order valence-electron chi connectivity index (χ2n) is 7.94. The number of benzene rings is 2. The van der Waals surface area contributed by atoms with Crippen LogP contribution in [-0.2, 0) is 20.6 Å². The molecule has 3 fully saturated rings. The van der Waals surface area contributed by atoms with Gasteiger partial charge in [-0.3, -0.25) is 0 Å². The molecule has 0 bridgehead atoms. The minimum Gasteiger partial charge on any atom is -0.490 e. The van der Waals surface area contributed by atoms with Gasteiger partial charge in [0.1, 0.15) is 43.9 Å². The van der Waals surface area contributed by atoms with Crippen LogP contribution in [0.1, 0.15) is 12.5 Å². The standard InChI is InChI=1S/C23H26O6/c1-14(2)7-20-21(27-11-15-8-24-15)18-5-3-4-6-19(18)22(28-12-16-9-25-16)23(20)29-13-17-10-26-17/h3-6,15-17H,1,7-13H2,2H3. The molecule has 0 aromatic heterocycles. The zero-order valence-corrected chi connectivity index (χ0v) is 16.6. The summed E-state index contributed by atoms with van der Waals surface area (Å²) in [7, 11) is 0. The highest BCUT2D eigenvalue weighted by Gasteiger charge is 2.31. The predicted molar refractivity (Wildman–Crippen MR) is 108 cm³/mol. The Kier molecular flexibility index (Phi) is 5.08. The molecule has 5 rings (SSSR count). The smallest absolute Gasteiger partial charge is 0.169 e. The Labute approximate surface area is 170 Å². The summed E-state index contributed by atoms with van der Waals surface area (Å²) >= 11 is 0. The Morgan fingerprint density at radius 2 is 1.28 bits per heavy atom. The molecule has 3 aliphatic heterocycles. The maximum Gasteiger partial charge on any atom is 0.169 e. The van der Waals surface area contributed by atoms with Gasteiger partial charge in [0.2, 0.25) is 0 Å². The van der Waals surface area contributed by atoms with E-state index in [-0.39, 0.29) is 18.3 Å². The topological polar surface area (TPSA) is 65.3 Å². The van der Waals surface area contributed by atoms with Crippen molar-refractivity contribution in [2.75, 3.05) is 39.6 Å². The van der Waals surface area contributed by atoms with Crippen LogP contribution in [0.5, 0.6) is 17.2 Å². The first-order valence-corrected chi connectivity index (χ1v) is 10.1. The van der Waals surface area contributed by atoms with Gasteiger partial charge in [0.05, 0.1) is 19.8 Å². The van der Waals surface area contributed by atoms with Crippen LogP contribution in [-0.4, -0.2) is 58.0 Å². The third-order valence-electron chi connectivity index (χ3n) is 5.10. The van der Waals surface area contributed by atoms with Crippen LogP contribution in [0.4, 0.5) is 0 Å². The molecule has 0 N–H and O–H groups in total. The quantitative estimate of drug-likeness (QED) is 0.428. The van der Waals surface area contributed by atoms with Crippen molar-refractivity contribution < 1.29 is 28.4 Å². The van der Waals surface area contributed by atoms with Crippen LogP contribution < -0.4 is 14.2 Å². The summed E-state index contributed by atoms with van der Waals surface area (Å²) in [6, 6.07) is 8.13. The van der Waals surface area contributed by atoms with E-state index in [4.69, 9.17) is 28.4 Å². The fraction of sp³-hybridized carbons (Fsp3) is 0.478. The maximum atomic E-state index is 6.27. The zero-order valence-electron chi connectivity index (χ0n) is 16.6. The van der Waals surface area contributed by atoms with Crippen molar-refractivity contribution in [3.05, 3.63) is 42.0 Å². The van der Waals surface area contributed by atoms with Gasteiger partial charge in [-0.1, -0.05) is 36.4 Å². The van der Waals surface area contributed by atoms with E-state index in [1.807, 2.05) is 25.1 Å². The fourth-order valence-electron chi connectivity index (χ4n) is 3.35. The summed E-state index contributed by atoms with van der Waals surface area (Å²) in [5, 5.41) is 1.98. The Balaban J connectivity index is 1.61. The lowest BCUT2D eigenvalue weighted by atomic mass is 9.98. The zero-order chi connectivity index (χ0) is 19.8. The first-order valence-electron chi connectivity index (χ1n) is 10.1. The third kappa shape index (κ3) is 4.50. The van der Waals surface area contributed by atoms with Gasteiger partial charge >= 0.3 is 0 Å². The molecular weight excluding hydrogens is 372 g/mol. The lowest BCUT2D eigenvalue weighted by Gasteiger charge is -2.22. The molecule has 3 atom stereocenters. The van der Waals surface area contributed by atoms with Crippen LogP contribution in [0.3, 0.4) is 0 Å². The van der Waals surface area contributed by atoms with Crippen molar-refractivity contribution >= 4 is 10.8 Å². The van der Waals surface area contributed by atoms with Crippen molar-refractivity contribution in [3.8, 4) is 17.2 Å². The molecule has 0 spiro atoms. The fourth-order valence-corrected chi connectivity index (χ4v) is 3.35. The Hall–Kier alpha value is -2.28. The minimum atomic E-state index is 0.142. The lowest BCUT2D eigenvalue weighted by Crippen LogP contribution is -2.13. The summed E-state index contributed by atoms with van der Waals surface area (Å²) < 4.78 is 34.8. The van der Waals surface area contributed by atoms with Gasteiger partial charge in [0.25, 0.3) is 0 Å². The summed E-state index contributed by atoms with van der Waals surface area (Å²) in [6.45, 7) is 9.87.